The SMILES string of the molecule is CS(=O)(=O)N1C[C@]2(CO[C@@H](C(=O)NCc3ccccc3)C2)c2ccccc21. The smallest absolute Gasteiger partial charge is 0.249 e. The number of hydrogen-bond acceptors (Lipinski definition) is 4. The quantitative estimate of drug-likeness (QED) is 0.870. The molecule has 2 aromatic rings. The van der Waals surface area contributed by atoms with E-state index in [1.54, 1.807) is 0 Å². The third kappa shape index (κ3) is 3.33. The maximum absolute atomic E-state index is 12.6. The minimum absolute atomic E-state index is 0.161. The molecule has 1 saturated heterocycles. The molecule has 142 valence electrons. The third-order valence-corrected chi connectivity index (χ3v) is 6.46. The molecule has 2 heterocycles. The highest BCUT2D eigenvalue weighted by molar-refractivity contribution is 7.92. The van der Waals surface area contributed by atoms with Crippen molar-refractivity contribution in [1.29, 1.82) is 0 Å². The Morgan fingerprint density at radius 1 is 1.19 bits per heavy atom. The van der Waals surface area contributed by atoms with Crippen LogP contribution in [0.1, 0.15) is 17.5 Å². The summed E-state index contributed by atoms with van der Waals surface area (Å²) in [5, 5.41) is 2.92. The number of anilines is 1. The van der Waals surface area contributed by atoms with Crippen LogP contribution in [0.25, 0.3) is 0 Å². The number of amides is 1. The molecule has 1 fully saturated rings. The van der Waals surface area contributed by atoms with Crippen molar-refractivity contribution in [2.75, 3.05) is 23.7 Å². The zero-order chi connectivity index (χ0) is 19.1. The van der Waals surface area contributed by atoms with Gasteiger partial charge in [-0.25, -0.2) is 8.42 Å². The van der Waals surface area contributed by atoms with Crippen LogP contribution in [0.4, 0.5) is 5.69 Å². The van der Waals surface area contributed by atoms with E-state index in [2.05, 4.69) is 5.32 Å². The first-order valence-corrected chi connectivity index (χ1v) is 10.7. The third-order valence-electron chi connectivity index (χ3n) is 5.33. The molecule has 0 aliphatic carbocycles. The summed E-state index contributed by atoms with van der Waals surface area (Å²) >= 11 is 0. The average molecular weight is 386 g/mol. The summed E-state index contributed by atoms with van der Waals surface area (Å²) in [6.45, 7) is 1.09. The van der Waals surface area contributed by atoms with E-state index in [4.69, 9.17) is 4.74 Å². The van der Waals surface area contributed by atoms with Gasteiger partial charge in [-0.1, -0.05) is 48.5 Å². The minimum atomic E-state index is -3.39. The Bertz CT molecular complexity index is 961. The number of carbonyl (C=O) groups is 1. The van der Waals surface area contributed by atoms with Gasteiger partial charge in [-0.05, 0) is 23.6 Å². The number of fused-ring (bicyclic) bond motifs is 2. The van der Waals surface area contributed by atoms with E-state index in [1.165, 1.54) is 10.6 Å². The molecule has 2 aliphatic heterocycles. The zero-order valence-corrected chi connectivity index (χ0v) is 15.9. The van der Waals surface area contributed by atoms with E-state index in [9.17, 15) is 13.2 Å². The molecule has 0 bridgehead atoms. The van der Waals surface area contributed by atoms with Crippen molar-refractivity contribution in [3.63, 3.8) is 0 Å². The summed E-state index contributed by atoms with van der Waals surface area (Å²) in [7, 11) is -3.39. The van der Waals surface area contributed by atoms with E-state index in [-0.39, 0.29) is 5.91 Å². The second kappa shape index (κ2) is 6.65. The number of sulfonamides is 1. The van der Waals surface area contributed by atoms with Crippen LogP contribution in [-0.2, 0) is 31.5 Å². The van der Waals surface area contributed by atoms with Crippen LogP contribution in [0.5, 0.6) is 0 Å². The molecule has 2 aromatic carbocycles. The van der Waals surface area contributed by atoms with Crippen LogP contribution in [-0.4, -0.2) is 39.8 Å². The summed E-state index contributed by atoms with van der Waals surface area (Å²) in [4.78, 5) is 12.6. The Hall–Kier alpha value is -2.38. The van der Waals surface area contributed by atoms with E-state index < -0.39 is 21.5 Å². The topological polar surface area (TPSA) is 75.7 Å². The van der Waals surface area contributed by atoms with Gasteiger partial charge in [0.1, 0.15) is 6.10 Å². The van der Waals surface area contributed by atoms with Crippen LogP contribution in [0.3, 0.4) is 0 Å². The number of para-hydroxylation sites is 1. The van der Waals surface area contributed by atoms with E-state index >= 15 is 0 Å². The number of benzene rings is 2. The first-order chi connectivity index (χ1) is 12.9. The maximum Gasteiger partial charge on any atom is 0.249 e. The molecule has 2 atom stereocenters. The highest BCUT2D eigenvalue weighted by Gasteiger charge is 2.52. The van der Waals surface area contributed by atoms with Gasteiger partial charge in [0.25, 0.3) is 0 Å². The summed E-state index contributed by atoms with van der Waals surface area (Å²) in [5.74, 6) is -0.161. The van der Waals surface area contributed by atoms with Gasteiger partial charge in [-0.2, -0.15) is 0 Å². The summed E-state index contributed by atoms with van der Waals surface area (Å²) < 4.78 is 31.7. The Kier molecular flexibility index (Phi) is 4.44. The number of hydrogen-bond donors (Lipinski definition) is 1. The van der Waals surface area contributed by atoms with Gasteiger partial charge in [0, 0.05) is 18.5 Å². The summed E-state index contributed by atoms with van der Waals surface area (Å²) in [6, 6.07) is 17.2. The fraction of sp³-hybridized carbons (Fsp3) is 0.350. The monoisotopic (exact) mass is 386 g/mol. The molecular formula is C20H22N2O4S. The molecule has 1 amide bonds. The first-order valence-electron chi connectivity index (χ1n) is 8.90. The highest BCUT2D eigenvalue weighted by atomic mass is 32.2. The van der Waals surface area contributed by atoms with Crippen LogP contribution < -0.4 is 9.62 Å². The molecule has 0 aromatic heterocycles. The predicted molar refractivity (Wildman–Crippen MR) is 103 cm³/mol. The van der Waals surface area contributed by atoms with Crippen LogP contribution in [0, 0.1) is 0 Å². The Balaban J connectivity index is 1.51. The molecule has 2 aliphatic rings. The van der Waals surface area contributed by atoms with Crippen molar-refractivity contribution in [3.05, 3.63) is 65.7 Å². The molecule has 4 rings (SSSR count). The molecule has 6 nitrogen and oxygen atoms in total. The summed E-state index contributed by atoms with van der Waals surface area (Å²) in [6.07, 6.45) is 1.10. The number of nitrogens with zero attached hydrogens (tertiary/aromatic N) is 1. The first kappa shape index (κ1) is 18.0. The molecule has 1 N–H and O–H groups in total. The normalized spacial score (nSPS) is 24.2. The van der Waals surface area contributed by atoms with Gasteiger partial charge in [-0.15, -0.1) is 0 Å². The Morgan fingerprint density at radius 2 is 1.89 bits per heavy atom. The Labute approximate surface area is 159 Å². The molecule has 0 saturated carbocycles. The fourth-order valence-corrected chi connectivity index (χ4v) is 4.98. The molecule has 1 spiro atoms. The average Bonchev–Trinajstić information content (AvgIpc) is 3.24. The van der Waals surface area contributed by atoms with E-state index in [0.29, 0.717) is 31.8 Å². The zero-order valence-electron chi connectivity index (χ0n) is 15.1. The van der Waals surface area contributed by atoms with E-state index in [0.717, 1.165) is 11.1 Å². The van der Waals surface area contributed by atoms with Crippen molar-refractivity contribution in [3.8, 4) is 0 Å². The van der Waals surface area contributed by atoms with Crippen LogP contribution in [0.15, 0.2) is 54.6 Å². The van der Waals surface area contributed by atoms with Gasteiger partial charge >= 0.3 is 0 Å². The van der Waals surface area contributed by atoms with Gasteiger partial charge in [-0.3, -0.25) is 9.10 Å². The number of ether oxygens (including phenoxy) is 1. The van der Waals surface area contributed by atoms with E-state index in [1.807, 2.05) is 54.6 Å². The van der Waals surface area contributed by atoms with Crippen molar-refractivity contribution in [2.24, 2.45) is 0 Å². The molecule has 27 heavy (non-hydrogen) atoms. The van der Waals surface area contributed by atoms with Crippen molar-refractivity contribution < 1.29 is 17.9 Å². The molecule has 0 radical (unpaired) electrons. The second-order valence-electron chi connectivity index (χ2n) is 7.27. The van der Waals surface area contributed by atoms with Gasteiger partial charge in [0.05, 0.1) is 18.6 Å². The van der Waals surface area contributed by atoms with Crippen molar-refractivity contribution in [2.45, 2.75) is 24.5 Å². The molecular weight excluding hydrogens is 364 g/mol. The lowest BCUT2D eigenvalue weighted by molar-refractivity contribution is -0.130. The molecule has 7 heteroatoms. The number of nitrogens with one attached hydrogen (secondary N) is 1. The largest absolute Gasteiger partial charge is 0.367 e. The molecule has 0 unspecified atom stereocenters. The lowest BCUT2D eigenvalue weighted by Crippen LogP contribution is -2.38. The van der Waals surface area contributed by atoms with Crippen LogP contribution in [0.2, 0.25) is 0 Å². The maximum atomic E-state index is 12.6. The van der Waals surface area contributed by atoms with Crippen molar-refractivity contribution in [1.82, 2.24) is 5.32 Å². The summed E-state index contributed by atoms with van der Waals surface area (Å²) in [5.41, 5.74) is 2.17. The van der Waals surface area contributed by atoms with Crippen LogP contribution >= 0.6 is 0 Å². The standard InChI is InChI=1S/C20H22N2O4S/c1-27(24,25)22-13-20(16-9-5-6-10-17(16)22)11-18(26-14-20)19(23)21-12-15-7-3-2-4-8-15/h2-10,18H,11-14H2,1H3,(H,21,23)/t18-,20-/m1/s1. The lowest BCUT2D eigenvalue weighted by Gasteiger charge is -2.23. The van der Waals surface area contributed by atoms with Gasteiger partial charge in [0.15, 0.2) is 0 Å². The van der Waals surface area contributed by atoms with Crippen molar-refractivity contribution >= 4 is 21.6 Å². The fourth-order valence-electron chi connectivity index (χ4n) is 3.98. The number of carbonyl (C=O) groups excluding carboxylic acids is 1. The second-order valence-corrected chi connectivity index (χ2v) is 9.18. The van der Waals surface area contributed by atoms with Gasteiger partial charge in [0.2, 0.25) is 15.9 Å². The van der Waals surface area contributed by atoms with Gasteiger partial charge < -0.3 is 10.1 Å². The highest BCUT2D eigenvalue weighted by Crippen LogP contribution is 2.48. The predicted octanol–water partition coefficient (Wildman–Crippen LogP) is 1.81. The lowest BCUT2D eigenvalue weighted by atomic mass is 9.80. The minimum Gasteiger partial charge on any atom is -0.367 e. The Morgan fingerprint density at radius 3 is 2.63 bits per heavy atom. The number of rotatable bonds is 4.